The van der Waals surface area contributed by atoms with Crippen LogP contribution >= 0.6 is 0 Å². The van der Waals surface area contributed by atoms with E-state index in [0.29, 0.717) is 24.1 Å². The van der Waals surface area contributed by atoms with Crippen molar-refractivity contribution in [1.82, 2.24) is 19.7 Å². The van der Waals surface area contributed by atoms with Gasteiger partial charge in [0.15, 0.2) is 0 Å². The SMILES string of the molecule is Cc1c2c(=O)n(C3CCCCC3)[nH]c2cc(=O)n1Cc1ccccc1CC1COCCN1. The smallest absolute Gasteiger partial charge is 0.276 e. The van der Waals surface area contributed by atoms with Gasteiger partial charge < -0.3 is 14.6 Å². The number of nitrogens with one attached hydrogen (secondary N) is 2. The molecule has 2 N–H and O–H groups in total. The van der Waals surface area contributed by atoms with Crippen molar-refractivity contribution in [2.24, 2.45) is 0 Å². The molecule has 1 aromatic carbocycles. The third kappa shape index (κ3) is 4.07. The number of pyridine rings is 1. The van der Waals surface area contributed by atoms with E-state index in [1.165, 1.54) is 12.0 Å². The number of hydrogen-bond acceptors (Lipinski definition) is 4. The fraction of sp³-hybridized carbons (Fsp3) is 0.520. The van der Waals surface area contributed by atoms with E-state index in [2.05, 4.69) is 22.5 Å². The highest BCUT2D eigenvalue weighted by molar-refractivity contribution is 5.80. The minimum absolute atomic E-state index is 0.00464. The lowest BCUT2D eigenvalue weighted by molar-refractivity contribution is 0.0769. The van der Waals surface area contributed by atoms with Crippen molar-refractivity contribution >= 4 is 10.9 Å². The summed E-state index contributed by atoms with van der Waals surface area (Å²) >= 11 is 0. The Labute approximate surface area is 187 Å². The summed E-state index contributed by atoms with van der Waals surface area (Å²) in [6.45, 7) is 4.66. The highest BCUT2D eigenvalue weighted by Crippen LogP contribution is 2.27. The van der Waals surface area contributed by atoms with E-state index in [0.717, 1.165) is 56.5 Å². The highest BCUT2D eigenvalue weighted by Gasteiger charge is 2.22. The summed E-state index contributed by atoms with van der Waals surface area (Å²) in [4.78, 5) is 26.3. The van der Waals surface area contributed by atoms with E-state index in [-0.39, 0.29) is 23.2 Å². The topological polar surface area (TPSA) is 81.0 Å². The molecule has 170 valence electrons. The molecule has 7 nitrogen and oxygen atoms in total. The van der Waals surface area contributed by atoms with Crippen molar-refractivity contribution in [2.75, 3.05) is 19.8 Å². The lowest BCUT2D eigenvalue weighted by Gasteiger charge is -2.25. The monoisotopic (exact) mass is 436 g/mol. The Morgan fingerprint density at radius 2 is 1.88 bits per heavy atom. The number of fused-ring (bicyclic) bond motifs is 1. The van der Waals surface area contributed by atoms with Crippen LogP contribution < -0.4 is 16.4 Å². The standard InChI is InChI=1S/C25H32N4O3/c1-17-24-22(27-29(25(24)31)21-9-3-2-4-10-21)14-23(30)28(17)15-19-8-6-5-7-18(19)13-20-16-32-12-11-26-20/h5-8,14,20-21,26-27H,2-4,9-13,15-16H2,1H3. The van der Waals surface area contributed by atoms with Gasteiger partial charge in [-0.2, -0.15) is 0 Å². The van der Waals surface area contributed by atoms with Crippen LogP contribution in [0.25, 0.3) is 10.9 Å². The van der Waals surface area contributed by atoms with Gasteiger partial charge in [0.2, 0.25) is 0 Å². The summed E-state index contributed by atoms with van der Waals surface area (Å²) in [5.74, 6) is 0. The number of hydrogen-bond donors (Lipinski definition) is 2. The van der Waals surface area contributed by atoms with Crippen molar-refractivity contribution in [3.05, 3.63) is 67.9 Å². The molecule has 0 spiro atoms. The van der Waals surface area contributed by atoms with Crippen LogP contribution in [0.15, 0.2) is 39.9 Å². The molecule has 0 radical (unpaired) electrons. The predicted molar refractivity (Wildman–Crippen MR) is 126 cm³/mol. The zero-order chi connectivity index (χ0) is 22.1. The fourth-order valence-corrected chi connectivity index (χ4v) is 5.32. The van der Waals surface area contributed by atoms with E-state index in [9.17, 15) is 9.59 Å². The van der Waals surface area contributed by atoms with E-state index >= 15 is 0 Å². The minimum atomic E-state index is -0.0824. The lowest BCUT2D eigenvalue weighted by Crippen LogP contribution is -2.42. The Hall–Kier alpha value is -2.64. The Morgan fingerprint density at radius 3 is 2.62 bits per heavy atom. The van der Waals surface area contributed by atoms with Gasteiger partial charge in [0.25, 0.3) is 11.1 Å². The number of rotatable bonds is 5. The zero-order valence-electron chi connectivity index (χ0n) is 18.7. The van der Waals surface area contributed by atoms with Crippen LogP contribution in [0.5, 0.6) is 0 Å². The molecule has 1 unspecified atom stereocenters. The Kier molecular flexibility index (Phi) is 6.02. The van der Waals surface area contributed by atoms with Gasteiger partial charge >= 0.3 is 0 Å². The molecule has 0 bridgehead atoms. The number of aromatic amines is 1. The summed E-state index contributed by atoms with van der Waals surface area (Å²) in [6, 6.07) is 10.3. The first-order chi connectivity index (χ1) is 15.6. The first-order valence-electron chi connectivity index (χ1n) is 11.8. The van der Waals surface area contributed by atoms with Crippen molar-refractivity contribution in [1.29, 1.82) is 0 Å². The van der Waals surface area contributed by atoms with E-state index < -0.39 is 0 Å². The number of morpholine rings is 1. The first-order valence-corrected chi connectivity index (χ1v) is 11.8. The molecule has 32 heavy (non-hydrogen) atoms. The van der Waals surface area contributed by atoms with Gasteiger partial charge in [-0.1, -0.05) is 43.5 Å². The van der Waals surface area contributed by atoms with Gasteiger partial charge in [0, 0.05) is 24.3 Å². The van der Waals surface area contributed by atoms with Crippen LogP contribution in [-0.4, -0.2) is 40.1 Å². The number of ether oxygens (including phenoxy) is 1. The summed E-state index contributed by atoms with van der Waals surface area (Å²) in [5, 5.41) is 7.38. The largest absolute Gasteiger partial charge is 0.379 e. The zero-order valence-corrected chi connectivity index (χ0v) is 18.7. The molecule has 1 saturated carbocycles. The Bertz CT molecular complexity index is 1210. The van der Waals surface area contributed by atoms with Crippen molar-refractivity contribution in [2.45, 2.75) is 64.1 Å². The average molecular weight is 437 g/mol. The number of nitrogens with zero attached hydrogens (tertiary/aromatic N) is 2. The van der Waals surface area contributed by atoms with Crippen LogP contribution in [0.1, 0.15) is 55.0 Å². The number of aryl methyl sites for hydroxylation is 1. The molecular weight excluding hydrogens is 404 g/mol. The first kappa shape index (κ1) is 21.2. The summed E-state index contributed by atoms with van der Waals surface area (Å²) < 4.78 is 9.12. The Morgan fingerprint density at radius 1 is 1.09 bits per heavy atom. The van der Waals surface area contributed by atoms with E-state index in [1.54, 1.807) is 15.3 Å². The molecule has 2 aromatic heterocycles. The maximum atomic E-state index is 13.3. The van der Waals surface area contributed by atoms with Crippen LogP contribution in [0, 0.1) is 6.92 Å². The molecule has 2 aliphatic rings. The normalized spacial score (nSPS) is 20.1. The van der Waals surface area contributed by atoms with Gasteiger partial charge in [0.05, 0.1) is 36.7 Å². The lowest BCUT2D eigenvalue weighted by atomic mass is 9.96. The Balaban J connectivity index is 1.49. The summed E-state index contributed by atoms with van der Waals surface area (Å²) in [7, 11) is 0. The summed E-state index contributed by atoms with van der Waals surface area (Å²) in [6.07, 6.45) is 6.42. The molecule has 2 fully saturated rings. The van der Waals surface area contributed by atoms with Gasteiger partial charge in [-0.25, -0.2) is 4.68 Å². The number of benzene rings is 1. The third-order valence-corrected chi connectivity index (χ3v) is 7.09. The maximum absolute atomic E-state index is 13.3. The predicted octanol–water partition coefficient (Wildman–Crippen LogP) is 2.88. The van der Waals surface area contributed by atoms with E-state index in [4.69, 9.17) is 4.74 Å². The molecule has 7 heteroatoms. The molecule has 1 aliphatic heterocycles. The van der Waals surface area contributed by atoms with Gasteiger partial charge in [-0.05, 0) is 37.3 Å². The van der Waals surface area contributed by atoms with Crippen molar-refractivity contribution < 1.29 is 4.74 Å². The second-order valence-corrected chi connectivity index (χ2v) is 9.22. The molecule has 3 heterocycles. The van der Waals surface area contributed by atoms with Gasteiger partial charge in [-0.15, -0.1) is 0 Å². The van der Waals surface area contributed by atoms with Gasteiger partial charge in [-0.3, -0.25) is 14.7 Å². The molecule has 1 saturated heterocycles. The van der Waals surface area contributed by atoms with Gasteiger partial charge in [0.1, 0.15) is 0 Å². The van der Waals surface area contributed by atoms with E-state index in [1.807, 2.05) is 19.1 Å². The highest BCUT2D eigenvalue weighted by atomic mass is 16.5. The second-order valence-electron chi connectivity index (χ2n) is 9.22. The second kappa shape index (κ2) is 9.08. The molecule has 5 rings (SSSR count). The molecule has 1 atom stereocenters. The fourth-order valence-electron chi connectivity index (χ4n) is 5.32. The number of aromatic nitrogens is 3. The quantitative estimate of drug-likeness (QED) is 0.645. The molecule has 1 aliphatic carbocycles. The van der Waals surface area contributed by atoms with Crippen molar-refractivity contribution in [3.63, 3.8) is 0 Å². The molecule has 0 amide bonds. The third-order valence-electron chi connectivity index (χ3n) is 7.09. The average Bonchev–Trinajstić information content (AvgIpc) is 3.15. The van der Waals surface area contributed by atoms with Crippen LogP contribution in [0.4, 0.5) is 0 Å². The number of H-pyrrole nitrogens is 1. The minimum Gasteiger partial charge on any atom is -0.379 e. The van der Waals surface area contributed by atoms with Crippen LogP contribution in [0.2, 0.25) is 0 Å². The van der Waals surface area contributed by atoms with Crippen LogP contribution in [0.3, 0.4) is 0 Å². The summed E-state index contributed by atoms with van der Waals surface area (Å²) in [5.41, 5.74) is 3.60. The molecular formula is C25H32N4O3. The maximum Gasteiger partial charge on any atom is 0.276 e. The van der Waals surface area contributed by atoms with Crippen molar-refractivity contribution in [3.8, 4) is 0 Å². The molecule has 3 aromatic rings. The van der Waals surface area contributed by atoms with Crippen LogP contribution in [-0.2, 0) is 17.7 Å².